The van der Waals surface area contributed by atoms with Gasteiger partial charge in [-0.05, 0) is 49.3 Å². The molecule has 0 aliphatic heterocycles. The SMILES string of the molecule is C\C=C/C(/C=C/C(=O)/C=C/c1cccc(O)c1)=C\C. The van der Waals surface area contributed by atoms with Crippen LogP contribution in [-0.2, 0) is 4.79 Å². The van der Waals surface area contributed by atoms with Crippen LogP contribution in [0.4, 0.5) is 0 Å². The molecule has 2 nitrogen and oxygen atoms in total. The molecule has 0 heterocycles. The standard InChI is InChI=1S/C17H18O2/c1-3-6-14(4-2)9-11-16(18)12-10-15-7-5-8-17(19)13-15/h3-13,19H,1-2H3/b6-3-,11-9+,12-10+,14-4+. The van der Waals surface area contributed by atoms with Crippen molar-refractivity contribution in [3.8, 4) is 5.75 Å². The molecule has 0 spiro atoms. The van der Waals surface area contributed by atoms with Gasteiger partial charge in [0.1, 0.15) is 5.75 Å². The average molecular weight is 254 g/mol. The molecule has 0 saturated carbocycles. The minimum absolute atomic E-state index is 0.0906. The highest BCUT2D eigenvalue weighted by atomic mass is 16.3. The lowest BCUT2D eigenvalue weighted by atomic mass is 10.1. The Bertz CT molecular complexity index is 546. The molecule has 1 rings (SSSR count). The highest BCUT2D eigenvalue weighted by Crippen LogP contribution is 2.12. The molecule has 0 saturated heterocycles. The van der Waals surface area contributed by atoms with Crippen molar-refractivity contribution < 1.29 is 9.90 Å². The van der Waals surface area contributed by atoms with E-state index in [1.165, 1.54) is 12.2 Å². The number of allylic oxidation sites excluding steroid dienone is 7. The van der Waals surface area contributed by atoms with Crippen LogP contribution in [0, 0.1) is 0 Å². The number of phenols is 1. The van der Waals surface area contributed by atoms with Gasteiger partial charge in [-0.15, -0.1) is 0 Å². The zero-order chi connectivity index (χ0) is 14.1. The van der Waals surface area contributed by atoms with E-state index in [1.54, 1.807) is 30.4 Å². The van der Waals surface area contributed by atoms with Gasteiger partial charge in [0.2, 0.25) is 0 Å². The largest absolute Gasteiger partial charge is 0.508 e. The summed E-state index contributed by atoms with van der Waals surface area (Å²) in [5, 5.41) is 9.30. The first-order chi connectivity index (χ1) is 9.15. The number of aromatic hydroxyl groups is 1. The van der Waals surface area contributed by atoms with E-state index in [9.17, 15) is 9.90 Å². The number of rotatable bonds is 5. The maximum Gasteiger partial charge on any atom is 0.178 e. The highest BCUT2D eigenvalue weighted by Gasteiger charge is 1.92. The van der Waals surface area contributed by atoms with E-state index in [0.717, 1.165) is 11.1 Å². The lowest BCUT2D eigenvalue weighted by molar-refractivity contribution is -0.110. The van der Waals surface area contributed by atoms with Gasteiger partial charge >= 0.3 is 0 Å². The summed E-state index contributed by atoms with van der Waals surface area (Å²) in [5.74, 6) is 0.0987. The van der Waals surface area contributed by atoms with Gasteiger partial charge in [-0.2, -0.15) is 0 Å². The number of hydrogen-bond acceptors (Lipinski definition) is 2. The van der Waals surface area contributed by atoms with Crippen LogP contribution in [0.2, 0.25) is 0 Å². The highest BCUT2D eigenvalue weighted by molar-refractivity contribution is 6.02. The van der Waals surface area contributed by atoms with Crippen molar-refractivity contribution in [2.75, 3.05) is 0 Å². The van der Waals surface area contributed by atoms with Crippen LogP contribution in [0.3, 0.4) is 0 Å². The molecule has 0 aliphatic rings. The fourth-order valence-corrected chi connectivity index (χ4v) is 1.48. The molecule has 1 N–H and O–H groups in total. The fourth-order valence-electron chi connectivity index (χ4n) is 1.48. The van der Waals surface area contributed by atoms with Crippen molar-refractivity contribution in [2.45, 2.75) is 13.8 Å². The van der Waals surface area contributed by atoms with Crippen LogP contribution < -0.4 is 0 Å². The number of carbonyl (C=O) groups excluding carboxylic acids is 1. The van der Waals surface area contributed by atoms with Crippen molar-refractivity contribution >= 4 is 11.9 Å². The van der Waals surface area contributed by atoms with Gasteiger partial charge in [-0.3, -0.25) is 4.79 Å². The Kier molecular flexibility index (Phi) is 6.10. The van der Waals surface area contributed by atoms with Crippen molar-refractivity contribution in [1.29, 1.82) is 0 Å². The molecule has 1 aromatic carbocycles. The fraction of sp³-hybridized carbons (Fsp3) is 0.118. The van der Waals surface area contributed by atoms with E-state index in [4.69, 9.17) is 0 Å². The van der Waals surface area contributed by atoms with Crippen LogP contribution in [0.25, 0.3) is 6.08 Å². The third-order valence-electron chi connectivity index (χ3n) is 2.44. The Hall–Kier alpha value is -2.35. The number of phenolic OH excluding ortho intramolecular Hbond substituents is 1. The van der Waals surface area contributed by atoms with Gasteiger partial charge in [0.25, 0.3) is 0 Å². The molecule has 0 atom stereocenters. The van der Waals surface area contributed by atoms with E-state index in [1.807, 2.05) is 38.1 Å². The summed E-state index contributed by atoms with van der Waals surface area (Å²) < 4.78 is 0. The molecule has 0 amide bonds. The predicted octanol–water partition coefficient (Wildman–Crippen LogP) is 4.05. The molecular formula is C17H18O2. The number of benzene rings is 1. The quantitative estimate of drug-likeness (QED) is 0.635. The minimum atomic E-state index is -0.0906. The third kappa shape index (κ3) is 5.68. The molecule has 2 heteroatoms. The van der Waals surface area contributed by atoms with Gasteiger partial charge in [0.15, 0.2) is 5.78 Å². The monoisotopic (exact) mass is 254 g/mol. The molecule has 0 radical (unpaired) electrons. The molecule has 1 aromatic rings. The summed E-state index contributed by atoms with van der Waals surface area (Å²) in [6, 6.07) is 6.75. The molecule has 0 bridgehead atoms. The molecule has 98 valence electrons. The number of ketones is 1. The van der Waals surface area contributed by atoms with Gasteiger partial charge in [-0.1, -0.05) is 42.5 Å². The molecule has 19 heavy (non-hydrogen) atoms. The van der Waals surface area contributed by atoms with Crippen molar-refractivity contribution in [2.24, 2.45) is 0 Å². The predicted molar refractivity (Wildman–Crippen MR) is 79.9 cm³/mol. The zero-order valence-electron chi connectivity index (χ0n) is 11.2. The van der Waals surface area contributed by atoms with Gasteiger partial charge in [0.05, 0.1) is 0 Å². The van der Waals surface area contributed by atoms with Crippen LogP contribution in [0.1, 0.15) is 19.4 Å². The maximum atomic E-state index is 11.6. The topological polar surface area (TPSA) is 37.3 Å². The van der Waals surface area contributed by atoms with Crippen LogP contribution in [-0.4, -0.2) is 10.9 Å². The first-order valence-electron chi connectivity index (χ1n) is 6.14. The molecule has 0 aromatic heterocycles. The Labute approximate surface area is 114 Å². The Balaban J connectivity index is 2.68. The van der Waals surface area contributed by atoms with Crippen molar-refractivity contribution in [3.63, 3.8) is 0 Å². The van der Waals surface area contributed by atoms with E-state index < -0.39 is 0 Å². The second-order valence-electron chi connectivity index (χ2n) is 3.95. The normalized spacial score (nSPS) is 12.8. The first kappa shape index (κ1) is 14.7. The number of carbonyl (C=O) groups is 1. The lowest BCUT2D eigenvalue weighted by Crippen LogP contribution is -1.85. The van der Waals surface area contributed by atoms with Gasteiger partial charge in [0, 0.05) is 0 Å². The minimum Gasteiger partial charge on any atom is -0.508 e. The van der Waals surface area contributed by atoms with Gasteiger partial charge < -0.3 is 5.11 Å². The van der Waals surface area contributed by atoms with E-state index >= 15 is 0 Å². The molecular weight excluding hydrogens is 236 g/mol. The Morgan fingerprint density at radius 2 is 1.89 bits per heavy atom. The second-order valence-corrected chi connectivity index (χ2v) is 3.95. The lowest BCUT2D eigenvalue weighted by Gasteiger charge is -1.94. The third-order valence-corrected chi connectivity index (χ3v) is 2.44. The molecule has 0 aliphatic carbocycles. The van der Waals surface area contributed by atoms with Crippen LogP contribution >= 0.6 is 0 Å². The van der Waals surface area contributed by atoms with Crippen LogP contribution in [0.5, 0.6) is 5.75 Å². The zero-order valence-corrected chi connectivity index (χ0v) is 11.2. The van der Waals surface area contributed by atoms with Gasteiger partial charge in [-0.25, -0.2) is 0 Å². The number of hydrogen-bond donors (Lipinski definition) is 1. The Morgan fingerprint density at radius 1 is 1.11 bits per heavy atom. The van der Waals surface area contributed by atoms with E-state index in [2.05, 4.69) is 0 Å². The summed E-state index contributed by atoms with van der Waals surface area (Å²) in [5.41, 5.74) is 1.78. The summed E-state index contributed by atoms with van der Waals surface area (Å²) in [6.45, 7) is 3.85. The maximum absolute atomic E-state index is 11.6. The van der Waals surface area contributed by atoms with E-state index in [-0.39, 0.29) is 11.5 Å². The first-order valence-corrected chi connectivity index (χ1v) is 6.14. The van der Waals surface area contributed by atoms with Crippen molar-refractivity contribution in [1.82, 2.24) is 0 Å². The summed E-state index contributed by atoms with van der Waals surface area (Å²) in [6.07, 6.45) is 12.2. The smallest absolute Gasteiger partial charge is 0.178 e. The Morgan fingerprint density at radius 3 is 2.53 bits per heavy atom. The summed E-state index contributed by atoms with van der Waals surface area (Å²) in [7, 11) is 0. The molecule has 0 fully saturated rings. The van der Waals surface area contributed by atoms with Crippen molar-refractivity contribution in [3.05, 3.63) is 71.9 Å². The molecule has 0 unspecified atom stereocenters. The van der Waals surface area contributed by atoms with E-state index in [0.29, 0.717) is 0 Å². The summed E-state index contributed by atoms with van der Waals surface area (Å²) >= 11 is 0. The average Bonchev–Trinajstić information content (AvgIpc) is 2.41. The summed E-state index contributed by atoms with van der Waals surface area (Å²) in [4.78, 5) is 11.6. The van der Waals surface area contributed by atoms with Crippen LogP contribution in [0.15, 0.2) is 66.3 Å². The second kappa shape index (κ2) is 7.88.